The highest BCUT2D eigenvalue weighted by Gasteiger charge is 2.17. The maximum absolute atomic E-state index is 11.3. The standard InChI is InChI=1S/C7H13N3O3S/c1-9(5-4-8)7(11)6-10(2)14(3,12)13/h5-6H2,1-3H3. The van der Waals surface area contributed by atoms with Crippen LogP contribution in [0.2, 0.25) is 0 Å². The van der Waals surface area contributed by atoms with Crippen LogP contribution in [0.15, 0.2) is 0 Å². The average molecular weight is 219 g/mol. The molecule has 0 saturated carbocycles. The lowest BCUT2D eigenvalue weighted by molar-refractivity contribution is -0.129. The highest BCUT2D eigenvalue weighted by molar-refractivity contribution is 7.88. The van der Waals surface area contributed by atoms with Gasteiger partial charge in [0, 0.05) is 14.1 Å². The third-order valence-corrected chi connectivity index (χ3v) is 2.92. The molecule has 0 aromatic heterocycles. The van der Waals surface area contributed by atoms with Gasteiger partial charge in [0.15, 0.2) is 0 Å². The third-order valence-electron chi connectivity index (χ3n) is 1.66. The fraction of sp³-hybridized carbons (Fsp3) is 0.714. The molecule has 0 atom stereocenters. The highest BCUT2D eigenvalue weighted by atomic mass is 32.2. The van der Waals surface area contributed by atoms with Crippen molar-refractivity contribution in [3.05, 3.63) is 0 Å². The number of nitrogens with zero attached hydrogens (tertiary/aromatic N) is 3. The summed E-state index contributed by atoms with van der Waals surface area (Å²) in [7, 11) is -0.584. The van der Waals surface area contributed by atoms with Crippen LogP contribution in [0.4, 0.5) is 0 Å². The molecule has 0 aromatic rings. The van der Waals surface area contributed by atoms with Crippen LogP contribution in [0.5, 0.6) is 0 Å². The van der Waals surface area contributed by atoms with E-state index in [4.69, 9.17) is 5.26 Å². The zero-order valence-corrected chi connectivity index (χ0v) is 9.21. The van der Waals surface area contributed by atoms with Crippen molar-refractivity contribution in [2.24, 2.45) is 0 Å². The van der Waals surface area contributed by atoms with Crippen molar-refractivity contribution in [1.82, 2.24) is 9.21 Å². The lowest BCUT2D eigenvalue weighted by atomic mass is 10.5. The van der Waals surface area contributed by atoms with Gasteiger partial charge in [-0.05, 0) is 0 Å². The summed E-state index contributed by atoms with van der Waals surface area (Å²) in [6.45, 7) is -0.284. The lowest BCUT2D eigenvalue weighted by Gasteiger charge is -2.17. The zero-order valence-electron chi connectivity index (χ0n) is 8.39. The second-order valence-corrected chi connectivity index (χ2v) is 5.02. The van der Waals surface area contributed by atoms with E-state index >= 15 is 0 Å². The summed E-state index contributed by atoms with van der Waals surface area (Å²) in [6, 6.07) is 1.80. The van der Waals surface area contributed by atoms with Crippen LogP contribution in [0, 0.1) is 11.3 Å². The van der Waals surface area contributed by atoms with Crippen molar-refractivity contribution in [2.75, 3.05) is 33.4 Å². The number of sulfonamides is 1. The first-order valence-electron chi connectivity index (χ1n) is 3.81. The number of carbonyl (C=O) groups is 1. The Kier molecular flexibility index (Phi) is 4.53. The van der Waals surface area contributed by atoms with Crippen LogP contribution in [0.25, 0.3) is 0 Å². The molecule has 0 aromatic carbocycles. The van der Waals surface area contributed by atoms with Crippen LogP contribution in [0.1, 0.15) is 0 Å². The molecule has 0 fully saturated rings. The zero-order chi connectivity index (χ0) is 11.4. The maximum atomic E-state index is 11.3. The first-order chi connectivity index (χ1) is 6.29. The van der Waals surface area contributed by atoms with Crippen LogP contribution in [-0.4, -0.2) is 57.0 Å². The summed E-state index contributed by atoms with van der Waals surface area (Å²) in [5.74, 6) is -0.403. The van der Waals surface area contributed by atoms with E-state index in [1.165, 1.54) is 19.0 Å². The molecule has 1 amide bonds. The minimum Gasteiger partial charge on any atom is -0.331 e. The van der Waals surface area contributed by atoms with E-state index in [1.54, 1.807) is 6.07 Å². The molecule has 0 spiro atoms. The molecule has 0 aliphatic rings. The summed E-state index contributed by atoms with van der Waals surface area (Å²) in [5.41, 5.74) is 0. The number of hydrogen-bond donors (Lipinski definition) is 0. The SMILES string of the molecule is CN(CC#N)C(=O)CN(C)S(C)(=O)=O. The van der Waals surface area contributed by atoms with Crippen molar-refractivity contribution < 1.29 is 13.2 Å². The van der Waals surface area contributed by atoms with E-state index < -0.39 is 15.9 Å². The van der Waals surface area contributed by atoms with Crippen LogP contribution < -0.4 is 0 Å². The van der Waals surface area contributed by atoms with Gasteiger partial charge in [0.25, 0.3) is 0 Å². The molecule has 0 saturated heterocycles. The Morgan fingerprint density at radius 3 is 2.29 bits per heavy atom. The Morgan fingerprint density at radius 1 is 1.43 bits per heavy atom. The smallest absolute Gasteiger partial charge is 0.238 e. The van der Waals surface area contributed by atoms with E-state index in [2.05, 4.69) is 0 Å². The Labute approximate surface area is 83.8 Å². The third kappa shape index (κ3) is 4.20. The number of rotatable bonds is 4. The summed E-state index contributed by atoms with van der Waals surface area (Å²) in [4.78, 5) is 12.4. The van der Waals surface area contributed by atoms with Gasteiger partial charge in [-0.15, -0.1) is 0 Å². The van der Waals surface area contributed by atoms with E-state index in [9.17, 15) is 13.2 Å². The fourth-order valence-electron chi connectivity index (χ4n) is 0.623. The number of carbonyl (C=O) groups excluding carboxylic acids is 1. The molecule has 6 nitrogen and oxygen atoms in total. The molecule has 0 unspecified atom stereocenters. The first-order valence-corrected chi connectivity index (χ1v) is 5.66. The van der Waals surface area contributed by atoms with Gasteiger partial charge in [-0.3, -0.25) is 4.79 Å². The second kappa shape index (κ2) is 4.93. The van der Waals surface area contributed by atoms with E-state index in [0.29, 0.717) is 0 Å². The molecule has 14 heavy (non-hydrogen) atoms. The largest absolute Gasteiger partial charge is 0.331 e. The maximum Gasteiger partial charge on any atom is 0.238 e. The molecule has 80 valence electrons. The van der Waals surface area contributed by atoms with Crippen molar-refractivity contribution in [1.29, 1.82) is 5.26 Å². The van der Waals surface area contributed by atoms with E-state index in [-0.39, 0.29) is 13.1 Å². The molecule has 7 heteroatoms. The number of amides is 1. The van der Waals surface area contributed by atoms with Crippen LogP contribution >= 0.6 is 0 Å². The molecule has 0 aliphatic carbocycles. The van der Waals surface area contributed by atoms with Crippen LogP contribution in [-0.2, 0) is 14.8 Å². The first kappa shape index (κ1) is 12.9. The minimum absolute atomic E-state index is 0.0452. The van der Waals surface area contributed by atoms with Gasteiger partial charge in [-0.1, -0.05) is 0 Å². The summed E-state index contributed by atoms with van der Waals surface area (Å²) in [6.07, 6.45) is 1.02. The Bertz CT molecular complexity index is 344. The lowest BCUT2D eigenvalue weighted by Crippen LogP contribution is -2.39. The quantitative estimate of drug-likeness (QED) is 0.560. The van der Waals surface area contributed by atoms with Gasteiger partial charge in [0.1, 0.15) is 6.54 Å². The molecule has 0 aliphatic heterocycles. The summed E-state index contributed by atoms with van der Waals surface area (Å²) in [5, 5.41) is 8.30. The monoisotopic (exact) mass is 219 g/mol. The molecule has 0 bridgehead atoms. The number of nitriles is 1. The van der Waals surface area contributed by atoms with Gasteiger partial charge in [-0.25, -0.2) is 8.42 Å². The Hall–Kier alpha value is -1.13. The Morgan fingerprint density at radius 2 is 1.93 bits per heavy atom. The number of hydrogen-bond acceptors (Lipinski definition) is 4. The van der Waals surface area contributed by atoms with Gasteiger partial charge < -0.3 is 4.90 Å². The fourth-order valence-corrected chi connectivity index (χ4v) is 0.968. The van der Waals surface area contributed by atoms with Crippen molar-refractivity contribution in [2.45, 2.75) is 0 Å². The predicted octanol–water partition coefficient (Wildman–Crippen LogP) is -1.14. The van der Waals surface area contributed by atoms with E-state index in [0.717, 1.165) is 10.6 Å². The summed E-state index contributed by atoms with van der Waals surface area (Å²) >= 11 is 0. The van der Waals surface area contributed by atoms with Gasteiger partial charge in [0.05, 0.1) is 18.9 Å². The average Bonchev–Trinajstić information content (AvgIpc) is 2.02. The van der Waals surface area contributed by atoms with Crippen molar-refractivity contribution >= 4 is 15.9 Å². The number of likely N-dealkylation sites (N-methyl/N-ethyl adjacent to an activating group) is 2. The van der Waals surface area contributed by atoms with Gasteiger partial charge in [-0.2, -0.15) is 9.57 Å². The van der Waals surface area contributed by atoms with Gasteiger partial charge in [0.2, 0.25) is 15.9 Å². The van der Waals surface area contributed by atoms with Crippen molar-refractivity contribution in [3.63, 3.8) is 0 Å². The normalized spacial score (nSPS) is 11.1. The second-order valence-electron chi connectivity index (χ2n) is 2.93. The van der Waals surface area contributed by atoms with Crippen LogP contribution in [0.3, 0.4) is 0 Å². The van der Waals surface area contributed by atoms with E-state index in [1.807, 2.05) is 0 Å². The van der Waals surface area contributed by atoms with Crippen molar-refractivity contribution in [3.8, 4) is 6.07 Å². The molecule has 0 radical (unpaired) electrons. The molecular weight excluding hydrogens is 206 g/mol. The predicted molar refractivity (Wildman–Crippen MR) is 50.7 cm³/mol. The topological polar surface area (TPSA) is 81.5 Å². The molecular formula is C7H13N3O3S. The molecule has 0 rings (SSSR count). The highest BCUT2D eigenvalue weighted by Crippen LogP contribution is 1.94. The Balaban J connectivity index is 4.29. The minimum atomic E-state index is -3.34. The van der Waals surface area contributed by atoms with Gasteiger partial charge >= 0.3 is 0 Å². The molecule has 0 N–H and O–H groups in total. The summed E-state index contributed by atoms with van der Waals surface area (Å²) < 4.78 is 22.8. The molecule has 0 heterocycles.